The van der Waals surface area contributed by atoms with Gasteiger partial charge in [-0.25, -0.2) is 0 Å². The second-order valence-electron chi connectivity index (χ2n) is 5.53. The number of carboxylic acids is 1. The summed E-state index contributed by atoms with van der Waals surface area (Å²) in [6.07, 6.45) is 4.37. The second kappa shape index (κ2) is 7.41. The number of likely N-dealkylation sites (tertiary alicyclic amines) is 1. The van der Waals surface area contributed by atoms with E-state index in [1.165, 1.54) is 0 Å². The summed E-state index contributed by atoms with van der Waals surface area (Å²) in [5.74, 6) is -0.786. The van der Waals surface area contributed by atoms with Gasteiger partial charge in [0.1, 0.15) is 0 Å². The summed E-state index contributed by atoms with van der Waals surface area (Å²) in [5.41, 5.74) is 0.909. The molecule has 1 fully saturated rings. The van der Waals surface area contributed by atoms with Crippen LogP contribution >= 0.6 is 0 Å². The van der Waals surface area contributed by atoms with Crippen molar-refractivity contribution in [1.82, 2.24) is 4.90 Å². The minimum absolute atomic E-state index is 0.0756. The molecule has 1 heterocycles. The van der Waals surface area contributed by atoms with Crippen LogP contribution in [0.25, 0.3) is 0 Å². The summed E-state index contributed by atoms with van der Waals surface area (Å²) in [4.78, 5) is 13.0. The van der Waals surface area contributed by atoms with Crippen molar-refractivity contribution in [2.75, 3.05) is 13.1 Å². The maximum atomic E-state index is 11.0. The molecule has 1 saturated heterocycles. The molecule has 0 bridgehead atoms. The topological polar surface area (TPSA) is 60.8 Å². The predicted molar refractivity (Wildman–Crippen MR) is 77.5 cm³/mol. The van der Waals surface area contributed by atoms with Crippen molar-refractivity contribution in [3.8, 4) is 0 Å². The lowest BCUT2D eigenvalue weighted by molar-refractivity contribution is -0.139. The Morgan fingerprint density at radius 2 is 2.00 bits per heavy atom. The minimum atomic E-state index is -0.786. The van der Waals surface area contributed by atoms with Gasteiger partial charge in [-0.1, -0.05) is 43.2 Å². The first-order valence-electron chi connectivity index (χ1n) is 7.35. The number of hydrogen-bond acceptors (Lipinski definition) is 3. The number of aliphatic carboxylic acids is 1. The van der Waals surface area contributed by atoms with Gasteiger partial charge in [-0.3, -0.25) is 9.69 Å². The van der Waals surface area contributed by atoms with Gasteiger partial charge in [0.15, 0.2) is 0 Å². The Morgan fingerprint density at radius 1 is 1.25 bits per heavy atom. The van der Waals surface area contributed by atoms with E-state index in [0.717, 1.165) is 37.8 Å². The Labute approximate surface area is 120 Å². The third-order valence-corrected chi connectivity index (χ3v) is 4.02. The van der Waals surface area contributed by atoms with Crippen LogP contribution in [0.4, 0.5) is 0 Å². The standard InChI is InChI=1S/C16H23NO3/c18-15(13-7-3-1-4-8-13)11-14-9-5-2-6-10-17(14)12-16(19)20/h1,3-4,7-8,14-15,18H,2,5-6,9-12H2,(H,19,20)/t14-,15-/m0/s1. The van der Waals surface area contributed by atoms with Crippen LogP contribution in [0.5, 0.6) is 0 Å². The molecular weight excluding hydrogens is 254 g/mol. The van der Waals surface area contributed by atoms with Gasteiger partial charge in [0.2, 0.25) is 0 Å². The van der Waals surface area contributed by atoms with E-state index in [2.05, 4.69) is 0 Å². The fourth-order valence-electron chi connectivity index (χ4n) is 2.95. The predicted octanol–water partition coefficient (Wildman–Crippen LogP) is 2.44. The Morgan fingerprint density at radius 3 is 2.70 bits per heavy atom. The summed E-state index contributed by atoms with van der Waals surface area (Å²) in [5, 5.41) is 19.4. The van der Waals surface area contributed by atoms with Crippen molar-refractivity contribution < 1.29 is 15.0 Å². The molecule has 0 saturated carbocycles. The molecule has 2 atom stereocenters. The Balaban J connectivity index is 2.01. The Bertz CT molecular complexity index is 421. The maximum absolute atomic E-state index is 11.0. The summed E-state index contributed by atoms with van der Waals surface area (Å²) >= 11 is 0. The molecule has 1 aromatic carbocycles. The molecule has 20 heavy (non-hydrogen) atoms. The van der Waals surface area contributed by atoms with Crippen molar-refractivity contribution in [2.24, 2.45) is 0 Å². The third-order valence-electron chi connectivity index (χ3n) is 4.02. The van der Waals surface area contributed by atoms with E-state index in [0.29, 0.717) is 6.42 Å². The monoisotopic (exact) mass is 277 g/mol. The molecule has 1 aliphatic rings. The normalized spacial score (nSPS) is 22.1. The van der Waals surface area contributed by atoms with Crippen molar-refractivity contribution in [3.05, 3.63) is 35.9 Å². The molecule has 0 amide bonds. The molecule has 4 nitrogen and oxygen atoms in total. The number of benzene rings is 1. The van der Waals surface area contributed by atoms with E-state index in [4.69, 9.17) is 5.11 Å². The fourth-order valence-corrected chi connectivity index (χ4v) is 2.95. The van der Waals surface area contributed by atoms with Crippen molar-refractivity contribution in [3.63, 3.8) is 0 Å². The van der Waals surface area contributed by atoms with Crippen LogP contribution in [-0.4, -0.2) is 40.2 Å². The molecule has 4 heteroatoms. The highest BCUT2D eigenvalue weighted by molar-refractivity contribution is 5.69. The molecule has 0 unspecified atom stereocenters. The Hall–Kier alpha value is -1.39. The zero-order valence-corrected chi connectivity index (χ0v) is 11.7. The highest BCUT2D eigenvalue weighted by Crippen LogP contribution is 2.26. The SMILES string of the molecule is O=C(O)CN1CCCCC[C@H]1C[C@H](O)c1ccccc1. The number of aliphatic hydroxyl groups excluding tert-OH is 1. The molecule has 2 N–H and O–H groups in total. The lowest BCUT2D eigenvalue weighted by atomic mass is 9.98. The van der Waals surface area contributed by atoms with E-state index in [9.17, 15) is 9.90 Å². The summed E-state index contributed by atoms with van der Waals surface area (Å²) in [6.45, 7) is 0.894. The lowest BCUT2D eigenvalue weighted by Gasteiger charge is -2.30. The third kappa shape index (κ3) is 4.32. The van der Waals surface area contributed by atoms with Gasteiger partial charge in [-0.05, 0) is 31.4 Å². The fraction of sp³-hybridized carbons (Fsp3) is 0.562. The van der Waals surface area contributed by atoms with Crippen LogP contribution in [-0.2, 0) is 4.79 Å². The van der Waals surface area contributed by atoms with E-state index in [1.807, 2.05) is 35.2 Å². The quantitative estimate of drug-likeness (QED) is 0.868. The second-order valence-corrected chi connectivity index (χ2v) is 5.53. The zero-order chi connectivity index (χ0) is 14.4. The van der Waals surface area contributed by atoms with E-state index in [-0.39, 0.29) is 12.6 Å². The van der Waals surface area contributed by atoms with Gasteiger partial charge in [-0.15, -0.1) is 0 Å². The van der Waals surface area contributed by atoms with Crippen LogP contribution < -0.4 is 0 Å². The first-order valence-corrected chi connectivity index (χ1v) is 7.35. The zero-order valence-electron chi connectivity index (χ0n) is 11.7. The summed E-state index contributed by atoms with van der Waals surface area (Å²) < 4.78 is 0. The summed E-state index contributed by atoms with van der Waals surface area (Å²) in [6, 6.07) is 9.76. The molecule has 1 aromatic rings. The average Bonchev–Trinajstić information content (AvgIpc) is 2.65. The lowest BCUT2D eigenvalue weighted by Crippen LogP contribution is -2.39. The van der Waals surface area contributed by atoms with Crippen LogP contribution in [0.2, 0.25) is 0 Å². The average molecular weight is 277 g/mol. The largest absolute Gasteiger partial charge is 0.480 e. The molecule has 1 aliphatic heterocycles. The van der Waals surface area contributed by atoms with Gasteiger partial charge >= 0.3 is 5.97 Å². The number of hydrogen-bond donors (Lipinski definition) is 2. The van der Waals surface area contributed by atoms with Gasteiger partial charge in [0, 0.05) is 6.04 Å². The van der Waals surface area contributed by atoms with Crippen LogP contribution in [0, 0.1) is 0 Å². The van der Waals surface area contributed by atoms with Crippen LogP contribution in [0.15, 0.2) is 30.3 Å². The minimum Gasteiger partial charge on any atom is -0.480 e. The Kier molecular flexibility index (Phi) is 5.56. The van der Waals surface area contributed by atoms with Crippen LogP contribution in [0.1, 0.15) is 43.8 Å². The summed E-state index contributed by atoms with van der Waals surface area (Å²) in [7, 11) is 0. The molecule has 0 spiro atoms. The van der Waals surface area contributed by atoms with E-state index >= 15 is 0 Å². The first-order chi connectivity index (χ1) is 9.66. The molecular formula is C16H23NO3. The van der Waals surface area contributed by atoms with Crippen LogP contribution in [0.3, 0.4) is 0 Å². The number of nitrogens with zero attached hydrogens (tertiary/aromatic N) is 1. The molecule has 2 rings (SSSR count). The highest BCUT2D eigenvalue weighted by atomic mass is 16.4. The van der Waals surface area contributed by atoms with Gasteiger partial charge < -0.3 is 10.2 Å². The van der Waals surface area contributed by atoms with E-state index < -0.39 is 12.1 Å². The first kappa shape index (κ1) is 15.0. The van der Waals surface area contributed by atoms with Gasteiger partial charge in [0.05, 0.1) is 12.6 Å². The number of carbonyl (C=O) groups is 1. The van der Waals surface area contributed by atoms with Crippen molar-refractivity contribution >= 4 is 5.97 Å². The highest BCUT2D eigenvalue weighted by Gasteiger charge is 2.25. The molecule has 0 aromatic heterocycles. The molecule has 0 aliphatic carbocycles. The number of carboxylic acid groups (broad SMARTS) is 1. The molecule has 110 valence electrons. The molecule has 0 radical (unpaired) electrons. The van der Waals surface area contributed by atoms with Crippen molar-refractivity contribution in [2.45, 2.75) is 44.2 Å². The number of aliphatic hydroxyl groups is 1. The smallest absolute Gasteiger partial charge is 0.317 e. The maximum Gasteiger partial charge on any atom is 0.317 e. The van der Waals surface area contributed by atoms with E-state index in [1.54, 1.807) is 0 Å². The number of rotatable bonds is 5. The van der Waals surface area contributed by atoms with Crippen molar-refractivity contribution in [1.29, 1.82) is 0 Å². The van der Waals surface area contributed by atoms with Gasteiger partial charge in [-0.2, -0.15) is 0 Å². The van der Waals surface area contributed by atoms with Gasteiger partial charge in [0.25, 0.3) is 0 Å².